The molecule has 0 fully saturated rings. The highest BCUT2D eigenvalue weighted by atomic mass is 16.7. The van der Waals surface area contributed by atoms with E-state index in [1.54, 1.807) is 20.1 Å². The third-order valence-corrected chi connectivity index (χ3v) is 4.73. The average molecular weight is 385 g/mol. The lowest BCUT2D eigenvalue weighted by Crippen LogP contribution is -2.13. The summed E-state index contributed by atoms with van der Waals surface area (Å²) in [4.78, 5) is 11.4. The Hall–Kier alpha value is -0.870. The van der Waals surface area contributed by atoms with Crippen molar-refractivity contribution in [2.24, 2.45) is 0 Å². The molecule has 0 bridgehead atoms. The Morgan fingerprint density at radius 2 is 1.33 bits per heavy atom. The summed E-state index contributed by atoms with van der Waals surface area (Å²) in [5, 5.41) is 0. The fourth-order valence-corrected chi connectivity index (χ4v) is 3.13. The molecule has 4 nitrogen and oxygen atoms in total. The Balaban J connectivity index is 3.60. The molecule has 160 valence electrons. The molecule has 1 atom stereocenters. The van der Waals surface area contributed by atoms with Crippen molar-refractivity contribution in [3.8, 4) is 0 Å². The first-order valence-corrected chi connectivity index (χ1v) is 11.2. The maximum Gasteiger partial charge on any atom is 0.330 e. The first-order valence-electron chi connectivity index (χ1n) is 11.2. The number of carbonyl (C=O) groups is 1. The summed E-state index contributed by atoms with van der Waals surface area (Å²) in [6.45, 7) is 4.72. The molecule has 0 aromatic heterocycles. The van der Waals surface area contributed by atoms with Crippen molar-refractivity contribution in [2.75, 3.05) is 20.5 Å². The smallest absolute Gasteiger partial charge is 0.330 e. The van der Waals surface area contributed by atoms with E-state index in [9.17, 15) is 4.79 Å². The van der Waals surface area contributed by atoms with Crippen molar-refractivity contribution in [3.05, 3.63) is 12.2 Å². The van der Waals surface area contributed by atoms with Crippen LogP contribution in [0.25, 0.3) is 0 Å². The second-order valence-corrected chi connectivity index (χ2v) is 7.25. The molecule has 0 unspecified atom stereocenters. The van der Waals surface area contributed by atoms with E-state index >= 15 is 0 Å². The lowest BCUT2D eigenvalue weighted by molar-refractivity contribution is -0.137. The Labute approximate surface area is 168 Å². The molecule has 0 aliphatic heterocycles. The van der Waals surface area contributed by atoms with Crippen LogP contribution in [0.15, 0.2) is 12.2 Å². The minimum absolute atomic E-state index is 0.0814. The number of rotatable bonds is 20. The van der Waals surface area contributed by atoms with Crippen LogP contribution in [0, 0.1) is 0 Å². The second-order valence-electron chi connectivity index (χ2n) is 7.25. The molecule has 0 rings (SSSR count). The molecule has 0 saturated carbocycles. The summed E-state index contributed by atoms with van der Waals surface area (Å²) < 4.78 is 15.5. The van der Waals surface area contributed by atoms with E-state index in [4.69, 9.17) is 14.2 Å². The number of methoxy groups -OCH3 is 1. The normalized spacial score (nSPS) is 12.6. The van der Waals surface area contributed by atoms with Gasteiger partial charge in [-0.1, -0.05) is 90.4 Å². The molecule has 0 spiro atoms. The summed E-state index contributed by atoms with van der Waals surface area (Å²) in [5.74, 6) is -0.311. The molecular formula is C23H44O4. The standard InChI is InChI=1S/C23H44O4/c1-4-6-7-8-9-10-11-12-13-14-15-16-17-18-22(27-21-25-3)19-20-23(24)26-5-2/h19-20,22H,4-18,21H2,1-3H3/b20-19+/t22-/m1/s1. The highest BCUT2D eigenvalue weighted by Gasteiger charge is 2.06. The number of hydrogen-bond donors (Lipinski definition) is 0. The molecule has 0 aromatic carbocycles. The molecule has 0 saturated heterocycles. The van der Waals surface area contributed by atoms with Crippen LogP contribution >= 0.6 is 0 Å². The topological polar surface area (TPSA) is 44.8 Å². The van der Waals surface area contributed by atoms with Crippen LogP contribution in [0.2, 0.25) is 0 Å². The van der Waals surface area contributed by atoms with Gasteiger partial charge in [0.15, 0.2) is 0 Å². The van der Waals surface area contributed by atoms with Gasteiger partial charge in [0.2, 0.25) is 0 Å². The Morgan fingerprint density at radius 3 is 1.81 bits per heavy atom. The monoisotopic (exact) mass is 384 g/mol. The fraction of sp³-hybridized carbons (Fsp3) is 0.870. The van der Waals surface area contributed by atoms with Crippen molar-refractivity contribution in [2.45, 2.75) is 110 Å². The predicted octanol–water partition coefficient (Wildman–Crippen LogP) is 6.58. The molecule has 0 aliphatic rings. The van der Waals surface area contributed by atoms with E-state index in [1.165, 1.54) is 83.1 Å². The molecule has 0 radical (unpaired) electrons. The summed E-state index contributed by atoms with van der Waals surface area (Å²) >= 11 is 0. The molecular weight excluding hydrogens is 340 g/mol. The van der Waals surface area contributed by atoms with Crippen molar-refractivity contribution >= 4 is 5.97 Å². The number of carbonyl (C=O) groups excluding carboxylic acids is 1. The summed E-state index contributed by atoms with van der Waals surface area (Å²) in [7, 11) is 1.61. The molecule has 0 amide bonds. The fourth-order valence-electron chi connectivity index (χ4n) is 3.13. The predicted molar refractivity (Wildman–Crippen MR) is 113 cm³/mol. The first-order chi connectivity index (χ1) is 13.2. The van der Waals surface area contributed by atoms with Crippen molar-refractivity contribution in [3.63, 3.8) is 0 Å². The van der Waals surface area contributed by atoms with E-state index in [0.717, 1.165) is 12.8 Å². The van der Waals surface area contributed by atoms with Gasteiger partial charge >= 0.3 is 5.97 Å². The first kappa shape index (κ1) is 26.1. The van der Waals surface area contributed by atoms with Crippen LogP contribution < -0.4 is 0 Å². The third kappa shape index (κ3) is 19.7. The molecule has 0 aliphatic carbocycles. The van der Waals surface area contributed by atoms with Crippen molar-refractivity contribution < 1.29 is 19.0 Å². The maximum atomic E-state index is 11.4. The van der Waals surface area contributed by atoms with Gasteiger partial charge in [0.25, 0.3) is 0 Å². The van der Waals surface area contributed by atoms with Crippen LogP contribution in [0.3, 0.4) is 0 Å². The van der Waals surface area contributed by atoms with E-state index < -0.39 is 0 Å². The van der Waals surface area contributed by atoms with E-state index in [-0.39, 0.29) is 18.9 Å². The number of hydrogen-bond acceptors (Lipinski definition) is 4. The highest BCUT2D eigenvalue weighted by Crippen LogP contribution is 2.14. The van der Waals surface area contributed by atoms with Gasteiger partial charge in [-0.25, -0.2) is 4.79 Å². The lowest BCUT2D eigenvalue weighted by Gasteiger charge is -2.13. The largest absolute Gasteiger partial charge is 0.463 e. The SMILES string of the molecule is CCCCCCCCCCCCCCC[C@H](/C=C/C(=O)OCC)OCOC. The molecule has 0 aromatic rings. The maximum absolute atomic E-state index is 11.4. The van der Waals surface area contributed by atoms with Crippen LogP contribution in [0.4, 0.5) is 0 Å². The summed E-state index contributed by atoms with van der Waals surface area (Å²) in [5.41, 5.74) is 0. The van der Waals surface area contributed by atoms with E-state index in [2.05, 4.69) is 6.92 Å². The molecule has 27 heavy (non-hydrogen) atoms. The quantitative estimate of drug-likeness (QED) is 0.103. The minimum Gasteiger partial charge on any atom is -0.463 e. The average Bonchev–Trinajstić information content (AvgIpc) is 2.67. The Kier molecular flexibility index (Phi) is 20.7. The van der Waals surface area contributed by atoms with Gasteiger partial charge in [0, 0.05) is 13.2 Å². The van der Waals surface area contributed by atoms with E-state index in [1.807, 2.05) is 0 Å². The van der Waals surface area contributed by atoms with Crippen molar-refractivity contribution in [1.29, 1.82) is 0 Å². The molecule has 4 heteroatoms. The zero-order valence-electron chi connectivity index (χ0n) is 18.2. The second kappa shape index (κ2) is 21.4. The third-order valence-electron chi connectivity index (χ3n) is 4.73. The lowest BCUT2D eigenvalue weighted by atomic mass is 10.0. The zero-order chi connectivity index (χ0) is 20.0. The number of unbranched alkanes of at least 4 members (excludes halogenated alkanes) is 12. The number of ether oxygens (including phenoxy) is 3. The van der Waals surface area contributed by atoms with Crippen LogP contribution in [-0.4, -0.2) is 32.6 Å². The van der Waals surface area contributed by atoms with Crippen LogP contribution in [0.5, 0.6) is 0 Å². The van der Waals surface area contributed by atoms with Gasteiger partial charge in [-0.2, -0.15) is 0 Å². The Morgan fingerprint density at radius 1 is 0.815 bits per heavy atom. The number of esters is 1. The van der Waals surface area contributed by atoms with Gasteiger partial charge < -0.3 is 14.2 Å². The van der Waals surface area contributed by atoms with E-state index in [0.29, 0.717) is 6.61 Å². The highest BCUT2D eigenvalue weighted by molar-refractivity contribution is 5.81. The van der Waals surface area contributed by atoms with Gasteiger partial charge in [-0.15, -0.1) is 0 Å². The van der Waals surface area contributed by atoms with Gasteiger partial charge in [0.05, 0.1) is 12.7 Å². The zero-order valence-corrected chi connectivity index (χ0v) is 18.2. The summed E-state index contributed by atoms with van der Waals surface area (Å²) in [6, 6.07) is 0. The molecule has 0 heterocycles. The van der Waals surface area contributed by atoms with Gasteiger partial charge in [-0.3, -0.25) is 0 Å². The van der Waals surface area contributed by atoms with Crippen LogP contribution in [-0.2, 0) is 19.0 Å². The molecule has 0 N–H and O–H groups in total. The Bertz CT molecular complexity index is 341. The van der Waals surface area contributed by atoms with Gasteiger partial charge in [0.1, 0.15) is 6.79 Å². The minimum atomic E-state index is -0.311. The van der Waals surface area contributed by atoms with Crippen molar-refractivity contribution in [1.82, 2.24) is 0 Å². The van der Waals surface area contributed by atoms with Crippen LogP contribution in [0.1, 0.15) is 104 Å². The van der Waals surface area contributed by atoms with Gasteiger partial charge in [-0.05, 0) is 19.4 Å². The summed E-state index contributed by atoms with van der Waals surface area (Å²) in [6.07, 6.45) is 21.6.